The van der Waals surface area contributed by atoms with Crippen LogP contribution in [0.5, 0.6) is 17.2 Å². The first kappa shape index (κ1) is 20.6. The van der Waals surface area contributed by atoms with Gasteiger partial charge in [-0.05, 0) is 60.5 Å². The highest BCUT2D eigenvalue weighted by Gasteiger charge is 2.29. The first-order valence-electron chi connectivity index (χ1n) is 9.94. The normalized spacial score (nSPS) is 15.3. The third-order valence-corrected chi connectivity index (χ3v) is 5.34. The Morgan fingerprint density at radius 3 is 2.00 bits per heavy atom. The zero-order valence-corrected chi connectivity index (χ0v) is 18.0. The lowest BCUT2D eigenvalue weighted by molar-refractivity contribution is 0.323. The van der Waals surface area contributed by atoms with Crippen molar-refractivity contribution in [1.29, 1.82) is 0 Å². The van der Waals surface area contributed by atoms with Crippen molar-refractivity contribution in [2.75, 3.05) is 26.3 Å². The number of nitrogens with one attached hydrogen (secondary N) is 1. The molecule has 1 atom stereocenters. The van der Waals surface area contributed by atoms with Gasteiger partial charge in [0.05, 0.1) is 38.8 Å². The number of hydrogen-bond acceptors (Lipinski definition) is 5. The minimum atomic E-state index is -0.279. The third-order valence-electron chi connectivity index (χ3n) is 5.34. The Hall–Kier alpha value is -3.67. The molecule has 5 nitrogen and oxygen atoms in total. The van der Waals surface area contributed by atoms with Gasteiger partial charge in [0.15, 0.2) is 11.5 Å². The Morgan fingerprint density at radius 2 is 1.45 bits per heavy atom. The molecule has 3 aromatic carbocycles. The molecule has 0 amide bonds. The van der Waals surface area contributed by atoms with Gasteiger partial charge in [0.2, 0.25) is 5.75 Å². The molecule has 0 saturated heterocycles. The molecule has 1 heterocycles. The highest BCUT2D eigenvalue weighted by Crippen LogP contribution is 2.43. The number of hydrazine groups is 1. The third kappa shape index (κ3) is 4.01. The zero-order valence-electron chi connectivity index (χ0n) is 18.0. The van der Waals surface area contributed by atoms with Crippen LogP contribution in [0.25, 0.3) is 5.70 Å². The van der Waals surface area contributed by atoms with Crippen LogP contribution in [0.15, 0.2) is 66.7 Å². The number of rotatable bonds is 6. The van der Waals surface area contributed by atoms with Gasteiger partial charge in [-0.25, -0.2) is 4.39 Å². The van der Waals surface area contributed by atoms with Gasteiger partial charge in [0.1, 0.15) is 5.82 Å². The topological polar surface area (TPSA) is 43.0 Å². The molecule has 0 radical (unpaired) electrons. The van der Waals surface area contributed by atoms with E-state index in [1.165, 1.54) is 17.7 Å². The molecule has 1 aliphatic rings. The van der Waals surface area contributed by atoms with Gasteiger partial charge >= 0.3 is 0 Å². The zero-order chi connectivity index (χ0) is 22.0. The summed E-state index contributed by atoms with van der Waals surface area (Å²) < 4.78 is 30.1. The van der Waals surface area contributed by atoms with Crippen LogP contribution in [0.2, 0.25) is 0 Å². The molecule has 31 heavy (non-hydrogen) atoms. The Morgan fingerprint density at radius 1 is 0.839 bits per heavy atom. The smallest absolute Gasteiger partial charge is 0.203 e. The largest absolute Gasteiger partial charge is 0.493 e. The maximum atomic E-state index is 13.6. The van der Waals surface area contributed by atoms with Crippen molar-refractivity contribution < 1.29 is 18.6 Å². The van der Waals surface area contributed by atoms with Gasteiger partial charge in [0.25, 0.3) is 0 Å². The summed E-state index contributed by atoms with van der Waals surface area (Å²) in [4.78, 5) is 0. The molecule has 4 rings (SSSR count). The van der Waals surface area contributed by atoms with Gasteiger partial charge in [-0.3, -0.25) is 10.4 Å². The Labute approximate surface area is 181 Å². The molecular weight excluding hydrogens is 395 g/mol. The van der Waals surface area contributed by atoms with E-state index in [0.717, 1.165) is 22.5 Å². The second-order valence-electron chi connectivity index (χ2n) is 7.31. The predicted octanol–water partition coefficient (Wildman–Crippen LogP) is 5.27. The van der Waals surface area contributed by atoms with Crippen LogP contribution in [0.3, 0.4) is 0 Å². The maximum Gasteiger partial charge on any atom is 0.203 e. The van der Waals surface area contributed by atoms with Crippen molar-refractivity contribution in [3.8, 4) is 17.2 Å². The lowest BCUT2D eigenvalue weighted by atomic mass is 10.0. The number of anilines is 1. The second-order valence-corrected chi connectivity index (χ2v) is 7.31. The number of benzene rings is 3. The molecule has 1 aliphatic heterocycles. The standard InChI is InChI=1S/C25H25FN2O3/c1-16-5-7-17(8-6-16)21-15-22(28(27-21)20-11-9-19(26)10-12-20)18-13-23(29-2)25(31-4)24(14-18)30-3/h5-15,22,27H,1-4H3. The van der Waals surface area contributed by atoms with E-state index in [1.807, 2.05) is 17.1 Å². The summed E-state index contributed by atoms with van der Waals surface area (Å²) in [7, 11) is 4.77. The fourth-order valence-corrected chi connectivity index (χ4v) is 3.71. The molecule has 0 fully saturated rings. The summed E-state index contributed by atoms with van der Waals surface area (Å²) in [5, 5.41) is 2.00. The molecule has 160 valence electrons. The molecule has 3 aromatic rings. The second kappa shape index (κ2) is 8.60. The van der Waals surface area contributed by atoms with E-state index in [0.29, 0.717) is 17.2 Å². The van der Waals surface area contributed by atoms with Crippen molar-refractivity contribution in [3.63, 3.8) is 0 Å². The summed E-state index contributed by atoms with van der Waals surface area (Å²) in [5.74, 6) is 1.41. The SMILES string of the molecule is COc1cc(C2C=C(c3ccc(C)cc3)NN2c2ccc(F)cc2)cc(OC)c1OC. The van der Waals surface area contributed by atoms with E-state index in [4.69, 9.17) is 14.2 Å². The van der Waals surface area contributed by atoms with Crippen LogP contribution in [0, 0.1) is 12.7 Å². The minimum Gasteiger partial charge on any atom is -0.493 e. The molecule has 1 N–H and O–H groups in total. The summed E-state index contributed by atoms with van der Waals surface area (Å²) in [5.41, 5.74) is 8.46. The quantitative estimate of drug-likeness (QED) is 0.589. The molecule has 0 aliphatic carbocycles. The highest BCUT2D eigenvalue weighted by molar-refractivity contribution is 5.73. The average Bonchev–Trinajstić information content (AvgIpc) is 3.24. The van der Waals surface area contributed by atoms with Gasteiger partial charge in [-0.1, -0.05) is 29.8 Å². The Kier molecular flexibility index (Phi) is 5.71. The number of ether oxygens (including phenoxy) is 3. The Balaban J connectivity index is 1.82. The summed E-state index contributed by atoms with van der Waals surface area (Å²) in [6, 6.07) is 18.4. The van der Waals surface area contributed by atoms with Crippen molar-refractivity contribution in [3.05, 3.63) is 89.2 Å². The van der Waals surface area contributed by atoms with Crippen LogP contribution in [0.1, 0.15) is 22.7 Å². The van der Waals surface area contributed by atoms with Crippen LogP contribution in [-0.4, -0.2) is 21.3 Å². The van der Waals surface area contributed by atoms with Gasteiger partial charge in [0, 0.05) is 0 Å². The van der Waals surface area contributed by atoms with Crippen molar-refractivity contribution >= 4 is 11.4 Å². The van der Waals surface area contributed by atoms with Gasteiger partial charge in [-0.15, -0.1) is 0 Å². The first-order chi connectivity index (χ1) is 15.0. The molecule has 0 spiro atoms. The number of methoxy groups -OCH3 is 3. The van der Waals surface area contributed by atoms with Crippen LogP contribution in [-0.2, 0) is 0 Å². The molecule has 0 saturated carbocycles. The average molecular weight is 420 g/mol. The molecule has 0 bridgehead atoms. The maximum absolute atomic E-state index is 13.6. The van der Waals surface area contributed by atoms with E-state index in [-0.39, 0.29) is 11.9 Å². The lowest BCUT2D eigenvalue weighted by Crippen LogP contribution is -2.34. The van der Waals surface area contributed by atoms with E-state index in [2.05, 4.69) is 42.7 Å². The van der Waals surface area contributed by atoms with E-state index < -0.39 is 0 Å². The van der Waals surface area contributed by atoms with Crippen molar-refractivity contribution in [2.45, 2.75) is 13.0 Å². The lowest BCUT2D eigenvalue weighted by Gasteiger charge is -2.28. The summed E-state index contributed by atoms with van der Waals surface area (Å²) in [6.45, 7) is 2.06. The first-order valence-corrected chi connectivity index (χ1v) is 9.94. The molecule has 0 aromatic heterocycles. The number of nitrogens with zero attached hydrogens (tertiary/aromatic N) is 1. The predicted molar refractivity (Wildman–Crippen MR) is 120 cm³/mol. The molecule has 1 unspecified atom stereocenters. The number of aryl methyl sites for hydroxylation is 1. The summed E-state index contributed by atoms with van der Waals surface area (Å²) in [6.07, 6.45) is 2.13. The van der Waals surface area contributed by atoms with Crippen molar-refractivity contribution in [2.24, 2.45) is 0 Å². The monoisotopic (exact) mass is 420 g/mol. The van der Waals surface area contributed by atoms with E-state index >= 15 is 0 Å². The fraction of sp³-hybridized carbons (Fsp3) is 0.200. The summed E-state index contributed by atoms with van der Waals surface area (Å²) >= 11 is 0. The molecular formula is C25H25FN2O3. The number of halogens is 1. The van der Waals surface area contributed by atoms with Crippen molar-refractivity contribution in [1.82, 2.24) is 5.43 Å². The van der Waals surface area contributed by atoms with Crippen LogP contribution >= 0.6 is 0 Å². The van der Waals surface area contributed by atoms with E-state index in [9.17, 15) is 4.39 Å². The van der Waals surface area contributed by atoms with Gasteiger partial charge < -0.3 is 14.2 Å². The van der Waals surface area contributed by atoms with Crippen LogP contribution in [0.4, 0.5) is 10.1 Å². The highest BCUT2D eigenvalue weighted by atomic mass is 19.1. The fourth-order valence-electron chi connectivity index (χ4n) is 3.71. The van der Waals surface area contributed by atoms with Crippen LogP contribution < -0.4 is 24.6 Å². The molecule has 6 heteroatoms. The van der Waals surface area contributed by atoms with Gasteiger partial charge in [-0.2, -0.15) is 0 Å². The van der Waals surface area contributed by atoms with E-state index in [1.54, 1.807) is 33.5 Å². The number of hydrogen-bond donors (Lipinski definition) is 1. The Bertz CT molecular complexity index is 1070. The minimum absolute atomic E-state index is 0.185.